The first-order valence-electron chi connectivity index (χ1n) is 8.81. The van der Waals surface area contributed by atoms with E-state index in [2.05, 4.69) is 43.4 Å². The third-order valence-electron chi connectivity index (χ3n) is 4.64. The summed E-state index contributed by atoms with van der Waals surface area (Å²) in [6, 6.07) is 12.6. The highest BCUT2D eigenvalue weighted by Gasteiger charge is 2.27. The maximum Gasteiger partial charge on any atom is 0.283 e. The SMILES string of the molecule is CCc1ccc(OCc2cccc(C3CC3)c2NC(=O)SC)c(C)c1. The third-order valence-corrected chi connectivity index (χ3v) is 5.12. The fourth-order valence-electron chi connectivity index (χ4n) is 3.03. The molecule has 0 aliphatic heterocycles. The minimum atomic E-state index is -0.0298. The average Bonchev–Trinajstić information content (AvgIpc) is 3.46. The first kappa shape index (κ1) is 17.9. The van der Waals surface area contributed by atoms with Gasteiger partial charge >= 0.3 is 0 Å². The molecule has 0 spiro atoms. The molecule has 2 aromatic carbocycles. The van der Waals surface area contributed by atoms with E-state index in [1.54, 1.807) is 6.26 Å². The monoisotopic (exact) mass is 355 g/mol. The molecule has 0 aromatic heterocycles. The van der Waals surface area contributed by atoms with Crippen molar-refractivity contribution in [1.82, 2.24) is 0 Å². The van der Waals surface area contributed by atoms with Gasteiger partial charge in [-0.1, -0.05) is 49.0 Å². The number of para-hydroxylation sites is 1. The third kappa shape index (κ3) is 4.37. The molecule has 3 rings (SSSR count). The topological polar surface area (TPSA) is 38.3 Å². The number of amides is 1. The smallest absolute Gasteiger partial charge is 0.283 e. The van der Waals surface area contributed by atoms with Crippen molar-refractivity contribution < 1.29 is 9.53 Å². The molecule has 0 bridgehead atoms. The van der Waals surface area contributed by atoms with E-state index >= 15 is 0 Å². The lowest BCUT2D eigenvalue weighted by atomic mass is 10.0. The van der Waals surface area contributed by atoms with E-state index in [9.17, 15) is 4.79 Å². The van der Waals surface area contributed by atoms with Gasteiger partial charge in [-0.25, -0.2) is 0 Å². The second kappa shape index (κ2) is 7.96. The second-order valence-electron chi connectivity index (χ2n) is 6.51. The van der Waals surface area contributed by atoms with E-state index in [-0.39, 0.29) is 5.24 Å². The Balaban J connectivity index is 1.81. The number of ether oxygens (including phenoxy) is 1. The molecular formula is C21H25NO2S. The Hall–Kier alpha value is -1.94. The largest absolute Gasteiger partial charge is 0.489 e. The van der Waals surface area contributed by atoms with Gasteiger partial charge in [-0.05, 0) is 61.1 Å². The van der Waals surface area contributed by atoms with Crippen LogP contribution in [-0.2, 0) is 13.0 Å². The number of nitrogens with one attached hydrogen (secondary N) is 1. The fraction of sp³-hybridized carbons (Fsp3) is 0.381. The Bertz CT molecular complexity index is 768. The predicted octanol–water partition coefficient (Wildman–Crippen LogP) is 5.91. The van der Waals surface area contributed by atoms with Gasteiger partial charge in [0.05, 0.1) is 5.69 Å². The molecule has 0 heterocycles. The van der Waals surface area contributed by atoms with Crippen LogP contribution in [0, 0.1) is 6.92 Å². The lowest BCUT2D eigenvalue weighted by Gasteiger charge is -2.17. The lowest BCUT2D eigenvalue weighted by Crippen LogP contribution is -2.10. The van der Waals surface area contributed by atoms with Crippen molar-refractivity contribution in [1.29, 1.82) is 0 Å². The quantitative estimate of drug-likeness (QED) is 0.700. The van der Waals surface area contributed by atoms with Crippen LogP contribution in [0.5, 0.6) is 5.75 Å². The van der Waals surface area contributed by atoms with Crippen LogP contribution in [-0.4, -0.2) is 11.5 Å². The zero-order valence-electron chi connectivity index (χ0n) is 15.1. The molecular weight excluding hydrogens is 330 g/mol. The van der Waals surface area contributed by atoms with Gasteiger partial charge in [-0.3, -0.25) is 4.79 Å². The zero-order valence-corrected chi connectivity index (χ0v) is 15.9. The molecule has 1 aliphatic rings. The Kier molecular flexibility index (Phi) is 5.69. The number of carbonyl (C=O) groups excluding carboxylic acids is 1. The number of thioether (sulfide) groups is 1. The predicted molar refractivity (Wildman–Crippen MR) is 106 cm³/mol. The number of rotatable bonds is 6. The van der Waals surface area contributed by atoms with Crippen LogP contribution in [0.25, 0.3) is 0 Å². The van der Waals surface area contributed by atoms with Crippen LogP contribution >= 0.6 is 11.8 Å². The average molecular weight is 356 g/mol. The minimum Gasteiger partial charge on any atom is -0.489 e. The number of benzene rings is 2. The highest BCUT2D eigenvalue weighted by atomic mass is 32.2. The Labute approximate surface area is 154 Å². The summed E-state index contributed by atoms with van der Waals surface area (Å²) in [6.45, 7) is 4.68. The van der Waals surface area contributed by atoms with E-state index in [1.165, 1.54) is 35.7 Å². The molecule has 1 N–H and O–H groups in total. The Morgan fingerprint density at radius 1 is 1.28 bits per heavy atom. The van der Waals surface area contributed by atoms with Crippen molar-refractivity contribution >= 4 is 22.7 Å². The molecule has 0 atom stereocenters. The molecule has 1 fully saturated rings. The molecule has 1 amide bonds. The molecule has 132 valence electrons. The van der Waals surface area contributed by atoms with Gasteiger partial charge in [0, 0.05) is 5.56 Å². The highest BCUT2D eigenvalue weighted by Crippen LogP contribution is 2.44. The van der Waals surface area contributed by atoms with Crippen LogP contribution in [0.4, 0.5) is 10.5 Å². The van der Waals surface area contributed by atoms with Crippen LogP contribution in [0.2, 0.25) is 0 Å². The van der Waals surface area contributed by atoms with E-state index < -0.39 is 0 Å². The molecule has 1 saturated carbocycles. The van der Waals surface area contributed by atoms with Crippen molar-refractivity contribution in [3.63, 3.8) is 0 Å². The molecule has 1 aliphatic carbocycles. The number of aryl methyl sites for hydroxylation is 2. The normalized spacial score (nSPS) is 13.6. The van der Waals surface area contributed by atoms with E-state index in [0.717, 1.165) is 29.0 Å². The van der Waals surface area contributed by atoms with Crippen LogP contribution in [0.1, 0.15) is 47.9 Å². The Morgan fingerprint density at radius 2 is 2.08 bits per heavy atom. The van der Waals surface area contributed by atoms with Gasteiger partial charge in [0.2, 0.25) is 0 Å². The van der Waals surface area contributed by atoms with Gasteiger partial charge in [0.15, 0.2) is 0 Å². The van der Waals surface area contributed by atoms with Crippen LogP contribution < -0.4 is 10.1 Å². The van der Waals surface area contributed by atoms with Crippen LogP contribution in [0.15, 0.2) is 36.4 Å². The molecule has 4 heteroatoms. The molecule has 0 radical (unpaired) electrons. The van der Waals surface area contributed by atoms with Crippen molar-refractivity contribution in [2.75, 3.05) is 11.6 Å². The van der Waals surface area contributed by atoms with Crippen molar-refractivity contribution in [2.45, 2.75) is 45.6 Å². The van der Waals surface area contributed by atoms with Gasteiger partial charge < -0.3 is 10.1 Å². The second-order valence-corrected chi connectivity index (χ2v) is 7.29. The van der Waals surface area contributed by atoms with Gasteiger partial charge in [0.25, 0.3) is 5.24 Å². The van der Waals surface area contributed by atoms with Gasteiger partial charge in [-0.2, -0.15) is 0 Å². The van der Waals surface area contributed by atoms with Crippen molar-refractivity contribution in [3.8, 4) is 5.75 Å². The molecule has 25 heavy (non-hydrogen) atoms. The van der Waals surface area contributed by atoms with Crippen LogP contribution in [0.3, 0.4) is 0 Å². The van der Waals surface area contributed by atoms with E-state index in [1.807, 2.05) is 12.1 Å². The summed E-state index contributed by atoms with van der Waals surface area (Å²) in [5.41, 5.74) is 5.67. The first-order chi connectivity index (χ1) is 12.1. The maximum absolute atomic E-state index is 11.9. The fourth-order valence-corrected chi connectivity index (χ4v) is 3.23. The lowest BCUT2D eigenvalue weighted by molar-refractivity contribution is 0.269. The maximum atomic E-state index is 11.9. The molecule has 0 unspecified atom stereocenters. The summed E-state index contributed by atoms with van der Waals surface area (Å²) < 4.78 is 6.08. The Morgan fingerprint density at radius 3 is 2.72 bits per heavy atom. The summed E-state index contributed by atoms with van der Waals surface area (Å²) in [7, 11) is 0. The summed E-state index contributed by atoms with van der Waals surface area (Å²) in [6.07, 6.45) is 5.22. The summed E-state index contributed by atoms with van der Waals surface area (Å²) in [5.74, 6) is 1.47. The highest BCUT2D eigenvalue weighted by molar-refractivity contribution is 8.13. The summed E-state index contributed by atoms with van der Waals surface area (Å²) in [4.78, 5) is 11.9. The standard InChI is InChI=1S/C21H25NO2S/c1-4-15-8-11-19(14(2)12-15)24-13-17-6-5-7-18(16-9-10-16)20(17)22-21(23)25-3/h5-8,11-12,16H,4,9-10,13H2,1-3H3,(H,22,23). The van der Waals surface area contributed by atoms with Crippen molar-refractivity contribution in [3.05, 3.63) is 58.7 Å². The molecule has 0 saturated heterocycles. The first-order valence-corrected chi connectivity index (χ1v) is 10.0. The van der Waals surface area contributed by atoms with E-state index in [0.29, 0.717) is 12.5 Å². The van der Waals surface area contributed by atoms with Gasteiger partial charge in [0.1, 0.15) is 12.4 Å². The van der Waals surface area contributed by atoms with E-state index in [4.69, 9.17) is 4.74 Å². The number of hydrogen-bond acceptors (Lipinski definition) is 3. The summed E-state index contributed by atoms with van der Waals surface area (Å²) >= 11 is 1.20. The molecule has 3 nitrogen and oxygen atoms in total. The molecule has 2 aromatic rings. The number of carbonyl (C=O) groups is 1. The minimum absolute atomic E-state index is 0.0298. The number of hydrogen-bond donors (Lipinski definition) is 1. The van der Waals surface area contributed by atoms with Gasteiger partial charge in [-0.15, -0.1) is 0 Å². The number of anilines is 1. The van der Waals surface area contributed by atoms with Crippen molar-refractivity contribution in [2.24, 2.45) is 0 Å². The zero-order chi connectivity index (χ0) is 17.8. The summed E-state index contributed by atoms with van der Waals surface area (Å²) in [5, 5.41) is 3.03.